The SMILES string of the molecule is c1ccc(-c2cc(-c3ccc(-c4cc(-c5ccc6c(c5)oc5ccc7ccccc7c56)nc(-c5ccccc5)n4)cc3)cc(-c3ccc4c(c3)oc3ccccc34)c2)cc1. The van der Waals surface area contributed by atoms with E-state index in [9.17, 15) is 0 Å². The highest BCUT2D eigenvalue weighted by Crippen LogP contribution is 2.39. The highest BCUT2D eigenvalue weighted by molar-refractivity contribution is 6.19. The number of benzene rings is 9. The molecule has 60 heavy (non-hydrogen) atoms. The van der Waals surface area contributed by atoms with Crippen LogP contribution in [0.2, 0.25) is 0 Å². The van der Waals surface area contributed by atoms with Crippen LogP contribution in [0, 0.1) is 0 Å². The third-order valence-electron chi connectivity index (χ3n) is 11.7. The van der Waals surface area contributed by atoms with Crippen LogP contribution in [-0.4, -0.2) is 9.97 Å². The molecule has 0 bridgehead atoms. The molecular weight excluding hydrogens is 733 g/mol. The van der Waals surface area contributed by atoms with E-state index in [0.717, 1.165) is 105 Å². The van der Waals surface area contributed by atoms with E-state index in [1.54, 1.807) is 0 Å². The first-order valence-corrected chi connectivity index (χ1v) is 20.2. The molecule has 0 fully saturated rings. The smallest absolute Gasteiger partial charge is 0.160 e. The molecule has 0 unspecified atom stereocenters. The summed E-state index contributed by atoms with van der Waals surface area (Å²) in [6.07, 6.45) is 0. The molecule has 0 radical (unpaired) electrons. The van der Waals surface area contributed by atoms with E-state index in [2.05, 4.69) is 176 Å². The van der Waals surface area contributed by atoms with Gasteiger partial charge in [-0.3, -0.25) is 0 Å². The summed E-state index contributed by atoms with van der Waals surface area (Å²) in [7, 11) is 0. The molecule has 3 aromatic heterocycles. The van der Waals surface area contributed by atoms with E-state index in [-0.39, 0.29) is 0 Å². The summed E-state index contributed by atoms with van der Waals surface area (Å²) in [6.45, 7) is 0. The summed E-state index contributed by atoms with van der Waals surface area (Å²) in [5.74, 6) is 0.671. The van der Waals surface area contributed by atoms with Gasteiger partial charge in [-0.1, -0.05) is 146 Å². The molecule has 0 aliphatic carbocycles. The van der Waals surface area contributed by atoms with Crippen molar-refractivity contribution in [3.63, 3.8) is 0 Å². The molecule has 9 aromatic carbocycles. The molecule has 4 heteroatoms. The summed E-state index contributed by atoms with van der Waals surface area (Å²) in [6, 6.07) is 72.2. The second-order valence-corrected chi connectivity index (χ2v) is 15.4. The van der Waals surface area contributed by atoms with Crippen LogP contribution in [0.1, 0.15) is 0 Å². The van der Waals surface area contributed by atoms with Crippen LogP contribution in [0.5, 0.6) is 0 Å². The maximum absolute atomic E-state index is 6.46. The van der Waals surface area contributed by atoms with Crippen molar-refractivity contribution in [1.29, 1.82) is 0 Å². The van der Waals surface area contributed by atoms with E-state index in [4.69, 9.17) is 18.8 Å². The van der Waals surface area contributed by atoms with E-state index >= 15 is 0 Å². The van der Waals surface area contributed by atoms with Crippen LogP contribution in [0.4, 0.5) is 0 Å². The Hall–Kier alpha value is -8.08. The number of furan rings is 2. The fourth-order valence-electron chi connectivity index (χ4n) is 8.66. The summed E-state index contributed by atoms with van der Waals surface area (Å²) >= 11 is 0. The van der Waals surface area contributed by atoms with Gasteiger partial charge in [-0.15, -0.1) is 0 Å². The highest BCUT2D eigenvalue weighted by Gasteiger charge is 2.16. The number of hydrogen-bond donors (Lipinski definition) is 0. The number of fused-ring (bicyclic) bond motifs is 8. The minimum atomic E-state index is 0.671. The monoisotopic (exact) mass is 766 g/mol. The third kappa shape index (κ3) is 5.85. The van der Waals surface area contributed by atoms with Gasteiger partial charge in [0.15, 0.2) is 5.82 Å². The maximum atomic E-state index is 6.46. The molecule has 0 N–H and O–H groups in total. The maximum Gasteiger partial charge on any atom is 0.160 e. The molecule has 0 aliphatic rings. The topological polar surface area (TPSA) is 52.1 Å². The van der Waals surface area contributed by atoms with Gasteiger partial charge in [0.25, 0.3) is 0 Å². The van der Waals surface area contributed by atoms with Crippen LogP contribution in [0.25, 0.3) is 122 Å². The van der Waals surface area contributed by atoms with Gasteiger partial charge in [0.2, 0.25) is 0 Å². The number of rotatable bonds is 6. The zero-order valence-electron chi connectivity index (χ0n) is 32.3. The molecular formula is C56H34N2O2. The lowest BCUT2D eigenvalue weighted by Gasteiger charge is -2.13. The van der Waals surface area contributed by atoms with E-state index in [1.807, 2.05) is 30.3 Å². The molecule has 0 amide bonds. The van der Waals surface area contributed by atoms with Gasteiger partial charge < -0.3 is 8.83 Å². The molecule has 0 saturated heterocycles. The zero-order chi connectivity index (χ0) is 39.6. The van der Waals surface area contributed by atoms with E-state index in [0.29, 0.717) is 5.82 Å². The first-order valence-electron chi connectivity index (χ1n) is 20.2. The second kappa shape index (κ2) is 13.8. The Morgan fingerprint density at radius 3 is 1.57 bits per heavy atom. The predicted octanol–water partition coefficient (Wildman–Crippen LogP) is 15.4. The van der Waals surface area contributed by atoms with Crippen molar-refractivity contribution in [2.24, 2.45) is 0 Å². The molecule has 280 valence electrons. The van der Waals surface area contributed by atoms with Crippen LogP contribution < -0.4 is 0 Å². The standard InChI is InChI=1S/C56H34N2O2/c1-3-11-35(12-4-1)42-29-43(31-44(30-42)40-23-26-47-46-17-9-10-18-51(46)59-53(47)32-40)36-19-21-38(22-20-36)49-34-50(58-56(57-49)39-14-5-2-6-15-39)41-24-27-48-54(33-41)60-52-28-25-37-13-7-8-16-45(37)55(48)52/h1-34H. The van der Waals surface area contributed by atoms with Crippen LogP contribution >= 0.6 is 0 Å². The quantitative estimate of drug-likeness (QED) is 0.169. The van der Waals surface area contributed by atoms with Gasteiger partial charge in [0.05, 0.1) is 11.4 Å². The Balaban J connectivity index is 0.951. The third-order valence-corrected chi connectivity index (χ3v) is 11.7. The summed E-state index contributed by atoms with van der Waals surface area (Å²) < 4.78 is 12.8. The van der Waals surface area contributed by atoms with Crippen molar-refractivity contribution in [3.8, 4) is 67.3 Å². The predicted molar refractivity (Wildman–Crippen MR) is 247 cm³/mol. The first-order chi connectivity index (χ1) is 29.7. The van der Waals surface area contributed by atoms with Crippen LogP contribution in [0.15, 0.2) is 215 Å². The Kier molecular flexibility index (Phi) is 7.82. The lowest BCUT2D eigenvalue weighted by atomic mass is 9.92. The van der Waals surface area contributed by atoms with Crippen molar-refractivity contribution in [2.75, 3.05) is 0 Å². The fraction of sp³-hybridized carbons (Fsp3) is 0. The lowest BCUT2D eigenvalue weighted by Crippen LogP contribution is -1.96. The average molecular weight is 767 g/mol. The average Bonchev–Trinajstić information content (AvgIpc) is 3.90. The number of para-hydroxylation sites is 1. The van der Waals surface area contributed by atoms with Crippen molar-refractivity contribution >= 4 is 54.6 Å². The largest absolute Gasteiger partial charge is 0.456 e. The molecule has 12 rings (SSSR count). The van der Waals surface area contributed by atoms with Gasteiger partial charge in [0, 0.05) is 38.2 Å². The van der Waals surface area contributed by atoms with E-state index < -0.39 is 0 Å². The Labute approximate surface area is 345 Å². The molecule has 0 atom stereocenters. The summed E-state index contributed by atoms with van der Waals surface area (Å²) in [5.41, 5.74) is 14.9. The molecule has 0 spiro atoms. The van der Waals surface area contributed by atoms with Crippen molar-refractivity contribution in [1.82, 2.24) is 9.97 Å². The lowest BCUT2D eigenvalue weighted by molar-refractivity contribution is 0.669. The Morgan fingerprint density at radius 1 is 0.267 bits per heavy atom. The second-order valence-electron chi connectivity index (χ2n) is 15.4. The van der Waals surface area contributed by atoms with Crippen molar-refractivity contribution in [3.05, 3.63) is 206 Å². The summed E-state index contributed by atoms with van der Waals surface area (Å²) in [4.78, 5) is 10.3. The van der Waals surface area contributed by atoms with Gasteiger partial charge in [0.1, 0.15) is 22.3 Å². The van der Waals surface area contributed by atoms with Crippen LogP contribution in [-0.2, 0) is 0 Å². The van der Waals surface area contributed by atoms with Gasteiger partial charge >= 0.3 is 0 Å². The highest BCUT2D eigenvalue weighted by atomic mass is 16.3. The minimum absolute atomic E-state index is 0.671. The molecule has 0 aliphatic heterocycles. The number of hydrogen-bond acceptors (Lipinski definition) is 4. The molecule has 12 aromatic rings. The Bertz CT molecular complexity index is 3580. The van der Waals surface area contributed by atoms with E-state index in [1.165, 1.54) is 10.8 Å². The van der Waals surface area contributed by atoms with Crippen LogP contribution in [0.3, 0.4) is 0 Å². The van der Waals surface area contributed by atoms with Gasteiger partial charge in [-0.25, -0.2) is 9.97 Å². The number of nitrogens with zero attached hydrogens (tertiary/aromatic N) is 2. The van der Waals surface area contributed by atoms with Crippen molar-refractivity contribution < 1.29 is 8.83 Å². The molecule has 3 heterocycles. The first kappa shape index (κ1) is 34.0. The fourth-order valence-corrected chi connectivity index (χ4v) is 8.66. The Morgan fingerprint density at radius 2 is 0.783 bits per heavy atom. The summed E-state index contributed by atoms with van der Waals surface area (Å²) in [5, 5.41) is 6.86. The molecule has 4 nitrogen and oxygen atoms in total. The molecule has 0 saturated carbocycles. The normalized spacial score (nSPS) is 11.7. The minimum Gasteiger partial charge on any atom is -0.456 e. The van der Waals surface area contributed by atoms with Gasteiger partial charge in [-0.05, 0) is 105 Å². The zero-order valence-corrected chi connectivity index (χ0v) is 32.3. The number of aromatic nitrogens is 2. The van der Waals surface area contributed by atoms with Crippen molar-refractivity contribution in [2.45, 2.75) is 0 Å². The van der Waals surface area contributed by atoms with Gasteiger partial charge in [-0.2, -0.15) is 0 Å².